The summed E-state index contributed by atoms with van der Waals surface area (Å²) in [5.41, 5.74) is 1.61. The Hall–Kier alpha value is -1.39. The van der Waals surface area contributed by atoms with E-state index in [4.69, 9.17) is 0 Å². The van der Waals surface area contributed by atoms with E-state index in [1.807, 2.05) is 0 Å². The van der Waals surface area contributed by atoms with Crippen molar-refractivity contribution in [2.24, 2.45) is 17.3 Å². The molecule has 4 rings (SSSR count). The van der Waals surface area contributed by atoms with E-state index in [9.17, 15) is 9.90 Å². The molecule has 2 aliphatic heterocycles. The molecule has 148 valence electrons. The first-order valence-corrected chi connectivity index (χ1v) is 10.9. The Labute approximate surface area is 163 Å². The molecule has 0 unspecified atom stereocenters. The molecular formula is C23H34N2O2. The summed E-state index contributed by atoms with van der Waals surface area (Å²) in [6, 6.07) is 10.7. The molecule has 3 aliphatic rings. The van der Waals surface area contributed by atoms with Gasteiger partial charge in [-0.15, -0.1) is 0 Å². The molecule has 1 spiro atoms. The predicted octanol–water partition coefficient (Wildman–Crippen LogP) is 3.30. The van der Waals surface area contributed by atoms with E-state index >= 15 is 0 Å². The first kappa shape index (κ1) is 18.9. The highest BCUT2D eigenvalue weighted by Crippen LogP contribution is 2.45. The first-order valence-electron chi connectivity index (χ1n) is 10.9. The third-order valence-electron chi connectivity index (χ3n) is 7.52. The summed E-state index contributed by atoms with van der Waals surface area (Å²) < 4.78 is 0. The van der Waals surface area contributed by atoms with Gasteiger partial charge in [-0.3, -0.25) is 9.69 Å². The standard InChI is InChI=1S/C23H34N2O2/c26-18-21-17-25(22(27)20-8-4-5-9-20)15-12-23(21)10-13-24(14-11-23)16-19-6-2-1-3-7-19/h1-3,6-7,20-21,26H,4-5,8-18H2/t21-/m0/s1. The summed E-state index contributed by atoms with van der Waals surface area (Å²) in [7, 11) is 0. The number of hydrogen-bond acceptors (Lipinski definition) is 3. The number of likely N-dealkylation sites (tertiary alicyclic amines) is 2. The van der Waals surface area contributed by atoms with Gasteiger partial charge < -0.3 is 10.0 Å². The van der Waals surface area contributed by atoms with Crippen LogP contribution in [0, 0.1) is 17.3 Å². The van der Waals surface area contributed by atoms with E-state index in [1.165, 1.54) is 18.4 Å². The second-order valence-electron chi connectivity index (χ2n) is 9.02. The lowest BCUT2D eigenvalue weighted by Gasteiger charge is -2.51. The van der Waals surface area contributed by atoms with E-state index in [0.717, 1.165) is 64.8 Å². The molecule has 1 aliphatic carbocycles. The molecule has 4 nitrogen and oxygen atoms in total. The van der Waals surface area contributed by atoms with E-state index in [-0.39, 0.29) is 23.9 Å². The molecule has 1 amide bonds. The van der Waals surface area contributed by atoms with Gasteiger partial charge in [-0.25, -0.2) is 0 Å². The highest BCUT2D eigenvalue weighted by molar-refractivity contribution is 5.79. The van der Waals surface area contributed by atoms with Crippen LogP contribution < -0.4 is 0 Å². The minimum Gasteiger partial charge on any atom is -0.396 e. The van der Waals surface area contributed by atoms with Crippen LogP contribution in [0.5, 0.6) is 0 Å². The molecule has 4 heteroatoms. The average molecular weight is 371 g/mol. The minimum atomic E-state index is 0.215. The van der Waals surface area contributed by atoms with Gasteiger partial charge in [0.15, 0.2) is 0 Å². The lowest BCUT2D eigenvalue weighted by Crippen LogP contribution is -2.55. The Morgan fingerprint density at radius 1 is 1.04 bits per heavy atom. The number of aliphatic hydroxyl groups excluding tert-OH is 1. The van der Waals surface area contributed by atoms with Gasteiger partial charge in [-0.2, -0.15) is 0 Å². The number of piperidine rings is 2. The lowest BCUT2D eigenvalue weighted by molar-refractivity contribution is -0.142. The fourth-order valence-corrected chi connectivity index (χ4v) is 5.65. The molecule has 2 heterocycles. The first-order chi connectivity index (χ1) is 13.2. The third-order valence-corrected chi connectivity index (χ3v) is 7.52. The zero-order valence-electron chi connectivity index (χ0n) is 16.5. The van der Waals surface area contributed by atoms with Gasteiger partial charge >= 0.3 is 0 Å². The molecule has 1 aromatic rings. The fourth-order valence-electron chi connectivity index (χ4n) is 5.65. The van der Waals surface area contributed by atoms with Crippen molar-refractivity contribution in [3.05, 3.63) is 35.9 Å². The maximum Gasteiger partial charge on any atom is 0.225 e. The smallest absolute Gasteiger partial charge is 0.225 e. The van der Waals surface area contributed by atoms with Crippen molar-refractivity contribution in [2.75, 3.05) is 32.8 Å². The second-order valence-corrected chi connectivity index (χ2v) is 9.02. The van der Waals surface area contributed by atoms with E-state index < -0.39 is 0 Å². The summed E-state index contributed by atoms with van der Waals surface area (Å²) in [5, 5.41) is 10.1. The van der Waals surface area contributed by atoms with Crippen molar-refractivity contribution >= 4 is 5.91 Å². The van der Waals surface area contributed by atoms with Crippen LogP contribution in [0.2, 0.25) is 0 Å². The number of nitrogens with zero attached hydrogens (tertiary/aromatic N) is 2. The highest BCUT2D eigenvalue weighted by Gasteiger charge is 2.46. The van der Waals surface area contributed by atoms with Gasteiger partial charge in [0, 0.05) is 38.1 Å². The van der Waals surface area contributed by atoms with Crippen molar-refractivity contribution in [1.29, 1.82) is 0 Å². The van der Waals surface area contributed by atoms with Gasteiger partial charge in [-0.1, -0.05) is 43.2 Å². The molecule has 27 heavy (non-hydrogen) atoms. The quantitative estimate of drug-likeness (QED) is 0.884. The van der Waals surface area contributed by atoms with Crippen LogP contribution >= 0.6 is 0 Å². The van der Waals surface area contributed by atoms with Crippen LogP contribution in [0.25, 0.3) is 0 Å². The Balaban J connectivity index is 1.34. The van der Waals surface area contributed by atoms with Crippen LogP contribution in [-0.4, -0.2) is 53.6 Å². The summed E-state index contributed by atoms with van der Waals surface area (Å²) in [6.45, 7) is 5.10. The van der Waals surface area contributed by atoms with Crippen LogP contribution in [0.3, 0.4) is 0 Å². The van der Waals surface area contributed by atoms with Crippen LogP contribution in [-0.2, 0) is 11.3 Å². The molecule has 1 aromatic carbocycles. The molecule has 0 bridgehead atoms. The third kappa shape index (κ3) is 4.07. The van der Waals surface area contributed by atoms with Crippen molar-refractivity contribution < 1.29 is 9.90 Å². The summed E-state index contributed by atoms with van der Waals surface area (Å²) >= 11 is 0. The largest absolute Gasteiger partial charge is 0.396 e. The normalized spacial score (nSPS) is 26.6. The number of benzene rings is 1. The lowest BCUT2D eigenvalue weighted by atomic mass is 9.64. The average Bonchev–Trinajstić information content (AvgIpc) is 3.25. The van der Waals surface area contributed by atoms with Crippen molar-refractivity contribution in [2.45, 2.75) is 51.5 Å². The molecule has 0 radical (unpaired) electrons. The number of amides is 1. The number of carbonyl (C=O) groups is 1. The Kier molecular flexibility index (Phi) is 5.84. The fraction of sp³-hybridized carbons (Fsp3) is 0.696. The predicted molar refractivity (Wildman–Crippen MR) is 107 cm³/mol. The monoisotopic (exact) mass is 370 g/mol. The number of hydrogen-bond donors (Lipinski definition) is 1. The van der Waals surface area contributed by atoms with Crippen LogP contribution in [0.4, 0.5) is 0 Å². The summed E-state index contributed by atoms with van der Waals surface area (Å²) in [5.74, 6) is 0.865. The van der Waals surface area contributed by atoms with Gasteiger partial charge in [0.2, 0.25) is 5.91 Å². The van der Waals surface area contributed by atoms with Gasteiger partial charge in [0.05, 0.1) is 0 Å². The van der Waals surface area contributed by atoms with Gasteiger partial charge in [0.1, 0.15) is 0 Å². The number of carbonyl (C=O) groups excluding carboxylic acids is 1. The topological polar surface area (TPSA) is 43.8 Å². The number of aliphatic hydroxyl groups is 1. The Morgan fingerprint density at radius 3 is 2.37 bits per heavy atom. The van der Waals surface area contributed by atoms with E-state index in [2.05, 4.69) is 40.1 Å². The SMILES string of the molecule is O=C(C1CCCC1)N1CCC2(CCN(Cc3ccccc3)CC2)[C@H](CO)C1. The molecular weight excluding hydrogens is 336 g/mol. The maximum absolute atomic E-state index is 12.8. The Morgan fingerprint density at radius 2 is 1.70 bits per heavy atom. The second kappa shape index (κ2) is 8.32. The summed E-state index contributed by atoms with van der Waals surface area (Å²) in [4.78, 5) is 17.5. The van der Waals surface area contributed by atoms with Crippen LogP contribution in [0.1, 0.15) is 50.5 Å². The Bertz CT molecular complexity index is 619. The van der Waals surface area contributed by atoms with Crippen molar-refractivity contribution in [3.63, 3.8) is 0 Å². The highest BCUT2D eigenvalue weighted by atomic mass is 16.3. The van der Waals surface area contributed by atoms with Crippen LogP contribution in [0.15, 0.2) is 30.3 Å². The molecule has 0 aromatic heterocycles. The molecule has 1 atom stereocenters. The van der Waals surface area contributed by atoms with Gasteiger partial charge in [0.25, 0.3) is 0 Å². The summed E-state index contributed by atoms with van der Waals surface area (Å²) in [6.07, 6.45) is 7.91. The molecule has 1 saturated carbocycles. The van der Waals surface area contributed by atoms with Crippen molar-refractivity contribution in [1.82, 2.24) is 9.80 Å². The zero-order chi connectivity index (χ0) is 18.7. The molecule has 2 saturated heterocycles. The van der Waals surface area contributed by atoms with E-state index in [0.29, 0.717) is 5.91 Å². The zero-order valence-corrected chi connectivity index (χ0v) is 16.5. The maximum atomic E-state index is 12.8. The molecule has 3 fully saturated rings. The van der Waals surface area contributed by atoms with Gasteiger partial charge in [-0.05, 0) is 56.2 Å². The van der Waals surface area contributed by atoms with Crippen molar-refractivity contribution in [3.8, 4) is 0 Å². The molecule has 1 N–H and O–H groups in total. The minimum absolute atomic E-state index is 0.215. The van der Waals surface area contributed by atoms with E-state index in [1.54, 1.807) is 0 Å². The number of rotatable bonds is 4.